The molecule has 0 aliphatic heterocycles. The Bertz CT molecular complexity index is 112. The highest BCUT2D eigenvalue weighted by Crippen LogP contribution is 1.97. The summed E-state index contributed by atoms with van der Waals surface area (Å²) >= 11 is 5.39. The van der Waals surface area contributed by atoms with Gasteiger partial charge in [-0.1, -0.05) is 6.92 Å². The first-order valence-electron chi connectivity index (χ1n) is 3.68. The lowest BCUT2D eigenvalue weighted by Gasteiger charge is -2.02. The normalized spacial score (nSPS) is 11.3. The van der Waals surface area contributed by atoms with Gasteiger partial charge in [0.05, 0.1) is 0 Å². The molecule has 0 aromatic carbocycles. The number of hydrogen-bond acceptors (Lipinski definition) is 4. The van der Waals surface area contributed by atoms with Gasteiger partial charge in [-0.2, -0.15) is 24.4 Å². The fraction of sp³-hybridized carbons (Fsp3) is 0.857. The first-order chi connectivity index (χ1) is 5.59. The van der Waals surface area contributed by atoms with Crippen LogP contribution in [0.1, 0.15) is 13.3 Å². The molecule has 0 aromatic rings. The van der Waals surface area contributed by atoms with E-state index in [-0.39, 0.29) is 0 Å². The average Bonchev–Trinajstić information content (AvgIpc) is 2.01. The molecule has 1 atom stereocenters. The second-order valence-electron chi connectivity index (χ2n) is 2.04. The molecule has 0 aromatic heterocycles. The lowest BCUT2D eigenvalue weighted by atomic mass is 10.2. The van der Waals surface area contributed by atoms with Crippen LogP contribution in [-0.4, -0.2) is 34.9 Å². The van der Waals surface area contributed by atoms with E-state index >= 15 is 0 Å². The Morgan fingerprint density at radius 3 is 2.42 bits per heavy atom. The Labute approximate surface area is 83.5 Å². The van der Waals surface area contributed by atoms with Crippen LogP contribution in [0, 0.1) is 0 Å². The van der Waals surface area contributed by atoms with E-state index in [0.717, 1.165) is 11.5 Å². The van der Waals surface area contributed by atoms with Gasteiger partial charge in [-0.25, -0.2) is 0 Å². The summed E-state index contributed by atoms with van der Waals surface area (Å²) in [6, 6.07) is -0.683. The zero-order valence-corrected chi connectivity index (χ0v) is 9.20. The highest BCUT2D eigenvalue weighted by Gasteiger charge is 2.08. The van der Waals surface area contributed by atoms with Crippen molar-refractivity contribution in [2.45, 2.75) is 19.4 Å². The Balaban J connectivity index is 0. The number of nitrogens with two attached hydrogens (primary N) is 1. The number of carbonyl (C=O) groups is 1. The molecule has 3 nitrogen and oxygen atoms in total. The number of rotatable bonds is 4. The maximum absolute atomic E-state index is 10.1. The maximum atomic E-state index is 10.1. The SMILES string of the molecule is CCS.CSCCC(N)C(=O)O. The Kier molecular flexibility index (Phi) is 13.6. The number of thioether (sulfide) groups is 1. The van der Waals surface area contributed by atoms with Crippen molar-refractivity contribution in [3.05, 3.63) is 0 Å². The Hall–Kier alpha value is 0.130. The molecular formula is C7H17NO2S2. The molecule has 0 saturated heterocycles. The highest BCUT2D eigenvalue weighted by molar-refractivity contribution is 7.98. The van der Waals surface area contributed by atoms with E-state index < -0.39 is 12.0 Å². The van der Waals surface area contributed by atoms with Crippen LogP contribution in [0.5, 0.6) is 0 Å². The smallest absolute Gasteiger partial charge is 0.320 e. The molecule has 0 fully saturated rings. The van der Waals surface area contributed by atoms with E-state index in [0.29, 0.717) is 6.42 Å². The quantitative estimate of drug-likeness (QED) is 0.609. The van der Waals surface area contributed by atoms with Crippen molar-refractivity contribution in [2.24, 2.45) is 5.73 Å². The van der Waals surface area contributed by atoms with Crippen molar-refractivity contribution in [3.8, 4) is 0 Å². The molecule has 0 saturated carbocycles. The van der Waals surface area contributed by atoms with Gasteiger partial charge in [0.25, 0.3) is 0 Å². The van der Waals surface area contributed by atoms with Crippen molar-refractivity contribution in [1.29, 1.82) is 0 Å². The van der Waals surface area contributed by atoms with Gasteiger partial charge in [-0.05, 0) is 24.2 Å². The van der Waals surface area contributed by atoms with Crippen LogP contribution in [-0.2, 0) is 4.79 Å². The number of carboxylic acids is 1. The van der Waals surface area contributed by atoms with Gasteiger partial charge in [-0.15, -0.1) is 0 Å². The largest absolute Gasteiger partial charge is 0.480 e. The molecule has 0 radical (unpaired) electrons. The molecule has 3 N–H and O–H groups in total. The zero-order chi connectivity index (χ0) is 9.98. The molecule has 1 unspecified atom stereocenters. The summed E-state index contributed by atoms with van der Waals surface area (Å²) < 4.78 is 0. The van der Waals surface area contributed by atoms with E-state index in [2.05, 4.69) is 12.6 Å². The molecule has 0 aliphatic rings. The minimum atomic E-state index is -0.913. The zero-order valence-electron chi connectivity index (χ0n) is 7.49. The summed E-state index contributed by atoms with van der Waals surface area (Å²) in [4.78, 5) is 10.1. The molecule has 0 heterocycles. The van der Waals surface area contributed by atoms with Crippen LogP contribution in [0.15, 0.2) is 0 Å². The standard InChI is InChI=1S/C5H11NO2S.C2H6S/c1-9-3-2-4(6)5(7)8;1-2-3/h4H,2-3,6H2,1H3,(H,7,8);3H,2H2,1H3. The van der Waals surface area contributed by atoms with Crippen LogP contribution in [0.25, 0.3) is 0 Å². The molecule has 74 valence electrons. The summed E-state index contributed by atoms with van der Waals surface area (Å²) in [5.41, 5.74) is 5.19. The minimum absolute atomic E-state index is 0.552. The van der Waals surface area contributed by atoms with E-state index in [1.165, 1.54) is 0 Å². The fourth-order valence-corrected chi connectivity index (χ4v) is 0.858. The third-order valence-electron chi connectivity index (χ3n) is 0.950. The summed E-state index contributed by atoms with van der Waals surface area (Å²) in [5, 5.41) is 8.27. The average molecular weight is 211 g/mol. The van der Waals surface area contributed by atoms with Crippen molar-refractivity contribution < 1.29 is 9.90 Å². The van der Waals surface area contributed by atoms with E-state index in [1.54, 1.807) is 11.8 Å². The minimum Gasteiger partial charge on any atom is -0.480 e. The lowest BCUT2D eigenvalue weighted by molar-refractivity contribution is -0.138. The van der Waals surface area contributed by atoms with E-state index in [4.69, 9.17) is 10.8 Å². The summed E-state index contributed by atoms with van der Waals surface area (Å²) in [5.74, 6) is 0.844. The predicted molar refractivity (Wildman–Crippen MR) is 58.1 cm³/mol. The summed E-state index contributed by atoms with van der Waals surface area (Å²) in [6.07, 6.45) is 2.48. The van der Waals surface area contributed by atoms with Gasteiger partial charge in [-0.3, -0.25) is 4.79 Å². The molecule has 0 aliphatic carbocycles. The first kappa shape index (κ1) is 14.6. The second kappa shape index (κ2) is 11.1. The molecule has 0 rings (SSSR count). The lowest BCUT2D eigenvalue weighted by Crippen LogP contribution is -2.30. The number of thiol groups is 1. The van der Waals surface area contributed by atoms with Crippen LogP contribution in [0.2, 0.25) is 0 Å². The predicted octanol–water partition coefficient (Wildman–Crippen LogP) is 1.09. The second-order valence-corrected chi connectivity index (χ2v) is 3.66. The molecule has 5 heteroatoms. The van der Waals surface area contributed by atoms with Crippen LogP contribution in [0.4, 0.5) is 0 Å². The highest BCUT2D eigenvalue weighted by atomic mass is 32.2. The monoisotopic (exact) mass is 211 g/mol. The number of hydrogen-bond donors (Lipinski definition) is 3. The Morgan fingerprint density at radius 2 is 2.17 bits per heavy atom. The van der Waals surface area contributed by atoms with Crippen LogP contribution < -0.4 is 5.73 Å². The van der Waals surface area contributed by atoms with Crippen molar-refractivity contribution >= 4 is 30.4 Å². The number of carboxylic acid groups (broad SMARTS) is 1. The third kappa shape index (κ3) is 12.8. The molecular weight excluding hydrogens is 194 g/mol. The molecule has 12 heavy (non-hydrogen) atoms. The van der Waals surface area contributed by atoms with Crippen molar-refractivity contribution in [3.63, 3.8) is 0 Å². The van der Waals surface area contributed by atoms with Gasteiger partial charge >= 0.3 is 5.97 Å². The van der Waals surface area contributed by atoms with Gasteiger partial charge < -0.3 is 10.8 Å². The number of aliphatic carboxylic acids is 1. The van der Waals surface area contributed by atoms with Gasteiger partial charge in [0.1, 0.15) is 6.04 Å². The van der Waals surface area contributed by atoms with Gasteiger partial charge in [0.2, 0.25) is 0 Å². The van der Waals surface area contributed by atoms with E-state index in [9.17, 15) is 4.79 Å². The Morgan fingerprint density at radius 1 is 1.75 bits per heavy atom. The van der Waals surface area contributed by atoms with Crippen molar-refractivity contribution in [2.75, 3.05) is 17.8 Å². The molecule has 0 amide bonds. The molecule has 0 spiro atoms. The summed E-state index contributed by atoms with van der Waals surface area (Å²) in [7, 11) is 0. The summed E-state index contributed by atoms with van der Waals surface area (Å²) in [6.45, 7) is 1.99. The third-order valence-corrected chi connectivity index (χ3v) is 1.59. The van der Waals surface area contributed by atoms with Gasteiger partial charge in [0, 0.05) is 0 Å². The van der Waals surface area contributed by atoms with Crippen LogP contribution >= 0.6 is 24.4 Å². The van der Waals surface area contributed by atoms with Crippen molar-refractivity contribution in [1.82, 2.24) is 0 Å². The van der Waals surface area contributed by atoms with Gasteiger partial charge in [0.15, 0.2) is 0 Å². The topological polar surface area (TPSA) is 63.3 Å². The maximum Gasteiger partial charge on any atom is 0.320 e. The fourth-order valence-electron chi connectivity index (χ4n) is 0.368. The first-order valence-corrected chi connectivity index (χ1v) is 5.70. The molecule has 0 bridgehead atoms. The van der Waals surface area contributed by atoms with Crippen LogP contribution in [0.3, 0.4) is 0 Å². The van der Waals surface area contributed by atoms with E-state index in [1.807, 2.05) is 13.2 Å².